The Hall–Kier alpha value is -4.75. The molecule has 0 bridgehead atoms. The summed E-state index contributed by atoms with van der Waals surface area (Å²) in [6.45, 7) is 1.13. The first kappa shape index (κ1) is 34.1. The number of aliphatic hydroxyl groups excluding tert-OH is 1. The van der Waals surface area contributed by atoms with Crippen molar-refractivity contribution in [3.05, 3.63) is 111 Å². The quantitative estimate of drug-likeness (QED) is 0.0739. The lowest BCUT2D eigenvalue weighted by molar-refractivity contribution is -0.143. The molecule has 0 spiro atoms. The fraction of sp³-hybridized carbons (Fsp3) is 0.355. The summed E-state index contributed by atoms with van der Waals surface area (Å²) in [5, 5.41) is 15.0. The van der Waals surface area contributed by atoms with Gasteiger partial charge in [0.25, 0.3) is 5.91 Å². The molecule has 244 valence electrons. The van der Waals surface area contributed by atoms with E-state index in [0.717, 1.165) is 0 Å². The van der Waals surface area contributed by atoms with Crippen molar-refractivity contribution < 1.29 is 45.7 Å². The third-order valence-electron chi connectivity index (χ3n) is 7.31. The predicted octanol–water partition coefficient (Wildman–Crippen LogP) is 6.76. The van der Waals surface area contributed by atoms with Gasteiger partial charge in [-0.3, -0.25) is 4.79 Å². The SMILES string of the molecule is C[C@H]1OC(c2ccc(OCCCO)cc2)=N[C@@]1(Cc1ccccc1CN=[N+]=[N-])C(=O)NCc1cc(C(F)(F)F)cc(C(F)(F)F)c1. The normalized spacial score (nSPS) is 17.9. The fourth-order valence-corrected chi connectivity index (χ4v) is 4.88. The lowest BCUT2D eigenvalue weighted by Gasteiger charge is -2.29. The number of nitrogens with one attached hydrogen (secondary N) is 1. The average Bonchev–Trinajstić information content (AvgIpc) is 3.35. The van der Waals surface area contributed by atoms with Gasteiger partial charge in [-0.25, -0.2) is 4.99 Å². The summed E-state index contributed by atoms with van der Waals surface area (Å²) >= 11 is 0. The molecule has 4 rings (SSSR count). The summed E-state index contributed by atoms with van der Waals surface area (Å²) in [5.41, 5.74) is 5.32. The van der Waals surface area contributed by atoms with E-state index in [1.54, 1.807) is 55.5 Å². The van der Waals surface area contributed by atoms with Gasteiger partial charge in [0.15, 0.2) is 5.54 Å². The van der Waals surface area contributed by atoms with E-state index < -0.39 is 53.1 Å². The van der Waals surface area contributed by atoms with Crippen LogP contribution >= 0.6 is 0 Å². The number of amides is 1. The van der Waals surface area contributed by atoms with Crippen LogP contribution < -0.4 is 10.1 Å². The van der Waals surface area contributed by atoms with Gasteiger partial charge in [-0.1, -0.05) is 29.4 Å². The maximum atomic E-state index is 14.0. The second kappa shape index (κ2) is 14.1. The number of aliphatic hydroxyl groups is 1. The molecule has 1 aliphatic heterocycles. The topological polar surface area (TPSA) is 129 Å². The molecule has 1 aliphatic rings. The minimum absolute atomic E-state index is 0.0138. The molecule has 3 aromatic carbocycles. The standard InChI is InChI=1S/C31H29F6N5O4/c1-19-29(16-22-5-2-3-6-23(22)18-40-42-38,41-27(46-19)21-7-9-26(10-8-21)45-12-4-11-43)28(44)39-17-20-13-24(30(32,33)34)15-25(14-20)31(35,36)37/h2-3,5-10,13-15,19,43H,4,11-12,16-18H2,1H3,(H,39,44)/t19-,29-/m1/s1. The Balaban J connectivity index is 1.70. The van der Waals surface area contributed by atoms with E-state index in [9.17, 15) is 31.1 Å². The van der Waals surface area contributed by atoms with Crippen LogP contribution in [0.25, 0.3) is 10.4 Å². The van der Waals surface area contributed by atoms with E-state index in [1.165, 1.54) is 0 Å². The fourth-order valence-electron chi connectivity index (χ4n) is 4.88. The van der Waals surface area contributed by atoms with Crippen LogP contribution in [0.2, 0.25) is 0 Å². The predicted molar refractivity (Wildman–Crippen MR) is 155 cm³/mol. The number of hydrogen-bond donors (Lipinski definition) is 2. The summed E-state index contributed by atoms with van der Waals surface area (Å²) in [5.74, 6) is -0.210. The van der Waals surface area contributed by atoms with Crippen LogP contribution in [0, 0.1) is 0 Å². The molecule has 0 aliphatic carbocycles. The minimum atomic E-state index is -5.05. The molecule has 0 fully saturated rings. The summed E-state index contributed by atoms with van der Waals surface area (Å²) in [6.07, 6.45) is -10.7. The molecule has 3 aromatic rings. The number of azide groups is 1. The molecule has 0 saturated carbocycles. The maximum Gasteiger partial charge on any atom is 0.416 e. The smallest absolute Gasteiger partial charge is 0.416 e. The highest BCUT2D eigenvalue weighted by Gasteiger charge is 2.50. The molecule has 46 heavy (non-hydrogen) atoms. The van der Waals surface area contributed by atoms with Crippen molar-refractivity contribution in [1.29, 1.82) is 0 Å². The Morgan fingerprint density at radius 3 is 2.26 bits per heavy atom. The Morgan fingerprint density at radius 2 is 1.67 bits per heavy atom. The first-order chi connectivity index (χ1) is 21.8. The van der Waals surface area contributed by atoms with E-state index in [1.807, 2.05) is 0 Å². The number of carbonyl (C=O) groups excluding carboxylic acids is 1. The zero-order chi connectivity index (χ0) is 33.5. The summed E-state index contributed by atoms with van der Waals surface area (Å²) in [6, 6.07) is 14.5. The van der Waals surface area contributed by atoms with Gasteiger partial charge in [0.2, 0.25) is 5.90 Å². The van der Waals surface area contributed by atoms with Crippen LogP contribution in [-0.2, 0) is 41.4 Å². The largest absolute Gasteiger partial charge is 0.494 e. The number of rotatable bonds is 12. The molecule has 0 aromatic heterocycles. The summed E-state index contributed by atoms with van der Waals surface area (Å²) < 4.78 is 92.2. The monoisotopic (exact) mass is 649 g/mol. The average molecular weight is 650 g/mol. The number of ether oxygens (including phenoxy) is 2. The third kappa shape index (κ3) is 8.09. The lowest BCUT2D eigenvalue weighted by Crippen LogP contribution is -2.52. The minimum Gasteiger partial charge on any atom is -0.494 e. The van der Waals surface area contributed by atoms with E-state index in [2.05, 4.69) is 20.3 Å². The van der Waals surface area contributed by atoms with Gasteiger partial charge in [0.1, 0.15) is 11.9 Å². The van der Waals surface area contributed by atoms with Crippen LogP contribution in [0.5, 0.6) is 5.75 Å². The van der Waals surface area contributed by atoms with Gasteiger partial charge in [0.05, 0.1) is 24.3 Å². The maximum absolute atomic E-state index is 14.0. The molecule has 0 saturated heterocycles. The van der Waals surface area contributed by atoms with Crippen molar-refractivity contribution in [3.8, 4) is 5.75 Å². The Bertz CT molecular complexity index is 1590. The first-order valence-corrected chi connectivity index (χ1v) is 14.0. The first-order valence-electron chi connectivity index (χ1n) is 14.0. The third-order valence-corrected chi connectivity index (χ3v) is 7.31. The van der Waals surface area contributed by atoms with Crippen LogP contribution in [0.1, 0.15) is 46.7 Å². The molecule has 15 heteroatoms. The molecule has 0 radical (unpaired) electrons. The van der Waals surface area contributed by atoms with Crippen molar-refractivity contribution in [3.63, 3.8) is 0 Å². The highest BCUT2D eigenvalue weighted by atomic mass is 19.4. The van der Waals surface area contributed by atoms with Crippen molar-refractivity contribution in [1.82, 2.24) is 5.32 Å². The van der Waals surface area contributed by atoms with Gasteiger partial charge in [-0.05, 0) is 71.6 Å². The number of alkyl halides is 6. The molecule has 1 heterocycles. The number of halogens is 6. The number of hydrogen-bond acceptors (Lipinski definition) is 6. The van der Waals surface area contributed by atoms with Gasteiger partial charge in [-0.15, -0.1) is 0 Å². The second-order valence-electron chi connectivity index (χ2n) is 10.5. The molecule has 2 N–H and O–H groups in total. The van der Waals surface area contributed by atoms with Crippen LogP contribution in [0.4, 0.5) is 26.3 Å². The number of carbonyl (C=O) groups is 1. The van der Waals surface area contributed by atoms with Gasteiger partial charge >= 0.3 is 12.4 Å². The summed E-state index contributed by atoms with van der Waals surface area (Å²) in [4.78, 5) is 21.4. The Labute approximate surface area is 259 Å². The zero-order valence-electron chi connectivity index (χ0n) is 24.4. The Morgan fingerprint density at radius 1 is 1.04 bits per heavy atom. The molecule has 0 unspecified atom stereocenters. The molecule has 9 nitrogen and oxygen atoms in total. The number of nitrogens with zero attached hydrogens (tertiary/aromatic N) is 4. The van der Waals surface area contributed by atoms with Crippen LogP contribution in [0.3, 0.4) is 0 Å². The second-order valence-corrected chi connectivity index (χ2v) is 10.5. The zero-order valence-corrected chi connectivity index (χ0v) is 24.4. The van der Waals surface area contributed by atoms with E-state index in [-0.39, 0.29) is 31.5 Å². The van der Waals surface area contributed by atoms with Crippen molar-refractivity contribution in [2.24, 2.45) is 10.1 Å². The Kier molecular flexibility index (Phi) is 10.5. The molecular formula is C31H29F6N5O4. The van der Waals surface area contributed by atoms with E-state index in [0.29, 0.717) is 47.6 Å². The van der Waals surface area contributed by atoms with Crippen LogP contribution in [-0.4, -0.2) is 41.8 Å². The van der Waals surface area contributed by atoms with Gasteiger partial charge in [-0.2, -0.15) is 26.3 Å². The number of benzene rings is 3. The van der Waals surface area contributed by atoms with E-state index in [4.69, 9.17) is 20.1 Å². The highest BCUT2D eigenvalue weighted by Crippen LogP contribution is 2.37. The lowest BCUT2D eigenvalue weighted by atomic mass is 9.84. The molecular weight excluding hydrogens is 620 g/mol. The van der Waals surface area contributed by atoms with Crippen molar-refractivity contribution in [2.75, 3.05) is 13.2 Å². The number of aliphatic imine (C=N–C) groups is 1. The molecule has 2 atom stereocenters. The van der Waals surface area contributed by atoms with Crippen molar-refractivity contribution >= 4 is 11.8 Å². The van der Waals surface area contributed by atoms with E-state index >= 15 is 0 Å². The van der Waals surface area contributed by atoms with Gasteiger partial charge < -0.3 is 19.9 Å². The van der Waals surface area contributed by atoms with Crippen LogP contribution in [0.15, 0.2) is 76.8 Å². The van der Waals surface area contributed by atoms with Crippen molar-refractivity contribution in [2.45, 2.75) is 56.9 Å². The highest BCUT2D eigenvalue weighted by molar-refractivity contribution is 6.01. The summed E-state index contributed by atoms with van der Waals surface area (Å²) in [7, 11) is 0. The molecule has 1 amide bonds. The van der Waals surface area contributed by atoms with Gasteiger partial charge in [0, 0.05) is 36.5 Å².